The maximum Gasteiger partial charge on any atom is 0.258 e. The molecule has 1 aliphatic rings. The number of benzene rings is 1. The van der Waals surface area contributed by atoms with Gasteiger partial charge in [0.15, 0.2) is 0 Å². The maximum absolute atomic E-state index is 11.8. The minimum atomic E-state index is -0.198. The number of carbonyl (C=O) groups excluding carboxylic acids is 2. The summed E-state index contributed by atoms with van der Waals surface area (Å²) in [4.78, 5) is 24.7. The molecular weight excluding hydrogens is 204 g/mol. The standard InChI is InChI=1S/C12H12N2O2/c1-7-9-5-4-8(11(15)13-2)6-10(9)12(16)14(7)3/h4-6H,1H2,2-3H3,(H,13,15). The van der Waals surface area contributed by atoms with Gasteiger partial charge in [-0.15, -0.1) is 0 Å². The molecule has 16 heavy (non-hydrogen) atoms. The van der Waals surface area contributed by atoms with Gasteiger partial charge in [0.1, 0.15) is 0 Å². The number of carbonyl (C=O) groups is 2. The summed E-state index contributed by atoms with van der Waals surface area (Å²) in [6.45, 7) is 3.83. The lowest BCUT2D eigenvalue weighted by Crippen LogP contribution is -2.19. The highest BCUT2D eigenvalue weighted by Crippen LogP contribution is 2.30. The van der Waals surface area contributed by atoms with Crippen LogP contribution in [0.3, 0.4) is 0 Å². The summed E-state index contributed by atoms with van der Waals surface area (Å²) >= 11 is 0. The zero-order valence-electron chi connectivity index (χ0n) is 9.20. The summed E-state index contributed by atoms with van der Waals surface area (Å²) in [6, 6.07) is 5.05. The smallest absolute Gasteiger partial charge is 0.258 e. The molecule has 0 aliphatic carbocycles. The minimum absolute atomic E-state index is 0.120. The molecule has 82 valence electrons. The summed E-state index contributed by atoms with van der Waals surface area (Å²) in [6.07, 6.45) is 0. The van der Waals surface area contributed by atoms with Crippen molar-refractivity contribution in [2.24, 2.45) is 0 Å². The van der Waals surface area contributed by atoms with Crippen molar-refractivity contribution < 1.29 is 9.59 Å². The largest absolute Gasteiger partial charge is 0.355 e. The topological polar surface area (TPSA) is 49.4 Å². The van der Waals surface area contributed by atoms with Crippen LogP contribution in [0.2, 0.25) is 0 Å². The van der Waals surface area contributed by atoms with Gasteiger partial charge in [0.2, 0.25) is 0 Å². The van der Waals surface area contributed by atoms with Crippen LogP contribution < -0.4 is 5.32 Å². The van der Waals surface area contributed by atoms with Crippen LogP contribution in [-0.2, 0) is 0 Å². The van der Waals surface area contributed by atoms with Gasteiger partial charge in [-0.2, -0.15) is 0 Å². The van der Waals surface area contributed by atoms with E-state index in [1.54, 1.807) is 32.3 Å². The van der Waals surface area contributed by atoms with Crippen molar-refractivity contribution in [2.45, 2.75) is 0 Å². The van der Waals surface area contributed by atoms with E-state index in [1.807, 2.05) is 0 Å². The van der Waals surface area contributed by atoms with Gasteiger partial charge in [-0.3, -0.25) is 9.59 Å². The Morgan fingerprint density at radius 1 is 1.38 bits per heavy atom. The average molecular weight is 216 g/mol. The summed E-state index contributed by atoms with van der Waals surface area (Å²) < 4.78 is 0. The normalized spacial score (nSPS) is 14.0. The number of nitrogens with zero attached hydrogens (tertiary/aromatic N) is 1. The van der Waals surface area contributed by atoms with Crippen molar-refractivity contribution in [3.63, 3.8) is 0 Å². The molecule has 0 unspecified atom stereocenters. The summed E-state index contributed by atoms with van der Waals surface area (Å²) in [5.74, 6) is -0.318. The van der Waals surface area contributed by atoms with E-state index in [2.05, 4.69) is 11.9 Å². The highest BCUT2D eigenvalue weighted by Gasteiger charge is 2.28. The molecule has 1 N–H and O–H groups in total. The minimum Gasteiger partial charge on any atom is -0.355 e. The molecule has 4 nitrogen and oxygen atoms in total. The van der Waals surface area contributed by atoms with Gasteiger partial charge < -0.3 is 10.2 Å². The predicted molar refractivity (Wildman–Crippen MR) is 61.0 cm³/mol. The van der Waals surface area contributed by atoms with Gasteiger partial charge >= 0.3 is 0 Å². The fourth-order valence-corrected chi connectivity index (χ4v) is 1.74. The van der Waals surface area contributed by atoms with Crippen LogP contribution in [0, 0.1) is 0 Å². The van der Waals surface area contributed by atoms with E-state index in [9.17, 15) is 9.59 Å². The number of hydrogen-bond acceptors (Lipinski definition) is 2. The van der Waals surface area contributed by atoms with Crippen LogP contribution in [0.25, 0.3) is 5.70 Å². The van der Waals surface area contributed by atoms with Gasteiger partial charge in [0.25, 0.3) is 11.8 Å². The fraction of sp³-hybridized carbons (Fsp3) is 0.167. The quantitative estimate of drug-likeness (QED) is 0.764. The molecule has 4 heteroatoms. The monoisotopic (exact) mass is 216 g/mol. The van der Waals surface area contributed by atoms with Crippen molar-refractivity contribution in [3.8, 4) is 0 Å². The van der Waals surface area contributed by atoms with Crippen molar-refractivity contribution in [2.75, 3.05) is 14.1 Å². The van der Waals surface area contributed by atoms with E-state index >= 15 is 0 Å². The van der Waals surface area contributed by atoms with Crippen LogP contribution in [-0.4, -0.2) is 30.8 Å². The van der Waals surface area contributed by atoms with E-state index in [0.29, 0.717) is 16.8 Å². The molecule has 0 radical (unpaired) electrons. The summed E-state index contributed by atoms with van der Waals surface area (Å²) in [5, 5.41) is 2.52. The summed E-state index contributed by atoms with van der Waals surface area (Å²) in [7, 11) is 3.23. The molecule has 1 aromatic rings. The average Bonchev–Trinajstić information content (AvgIpc) is 2.53. The first-order chi connectivity index (χ1) is 7.56. The number of nitrogens with one attached hydrogen (secondary N) is 1. The molecule has 2 amide bonds. The second kappa shape index (κ2) is 3.48. The lowest BCUT2D eigenvalue weighted by molar-refractivity contribution is 0.0875. The van der Waals surface area contributed by atoms with Crippen LogP contribution in [0.1, 0.15) is 26.3 Å². The molecule has 0 saturated carbocycles. The zero-order valence-corrected chi connectivity index (χ0v) is 9.20. The Hall–Kier alpha value is -2.10. The molecule has 0 spiro atoms. The Labute approximate surface area is 93.6 Å². The summed E-state index contributed by atoms with van der Waals surface area (Å²) in [5.41, 5.74) is 2.48. The van der Waals surface area contributed by atoms with E-state index in [-0.39, 0.29) is 11.8 Å². The molecule has 0 saturated heterocycles. The van der Waals surface area contributed by atoms with Crippen molar-refractivity contribution >= 4 is 17.5 Å². The molecule has 0 aromatic heterocycles. The third-order valence-corrected chi connectivity index (χ3v) is 2.76. The first-order valence-electron chi connectivity index (χ1n) is 4.89. The van der Waals surface area contributed by atoms with Gasteiger partial charge in [0.05, 0.1) is 0 Å². The van der Waals surface area contributed by atoms with Crippen LogP contribution in [0.4, 0.5) is 0 Å². The predicted octanol–water partition coefficient (Wildman–Crippen LogP) is 1.10. The Kier molecular flexibility index (Phi) is 2.27. The third-order valence-electron chi connectivity index (χ3n) is 2.76. The lowest BCUT2D eigenvalue weighted by atomic mass is 10.0. The Bertz CT molecular complexity index is 506. The van der Waals surface area contributed by atoms with Crippen LogP contribution in [0.5, 0.6) is 0 Å². The fourth-order valence-electron chi connectivity index (χ4n) is 1.74. The SMILES string of the molecule is C=C1c2ccc(C(=O)NC)cc2C(=O)N1C. The highest BCUT2D eigenvalue weighted by molar-refractivity contribution is 6.10. The first-order valence-corrected chi connectivity index (χ1v) is 4.89. The van der Waals surface area contributed by atoms with Gasteiger partial charge in [-0.05, 0) is 12.1 Å². The van der Waals surface area contributed by atoms with Gasteiger partial charge in [-0.1, -0.05) is 12.6 Å². The van der Waals surface area contributed by atoms with E-state index < -0.39 is 0 Å². The lowest BCUT2D eigenvalue weighted by Gasteiger charge is -2.07. The van der Waals surface area contributed by atoms with E-state index in [0.717, 1.165) is 5.56 Å². The molecule has 0 bridgehead atoms. The number of fused-ring (bicyclic) bond motifs is 1. The molecule has 1 heterocycles. The molecule has 1 aromatic carbocycles. The van der Waals surface area contributed by atoms with Gasteiger partial charge in [-0.25, -0.2) is 0 Å². The maximum atomic E-state index is 11.8. The first kappa shape index (κ1) is 10.4. The van der Waals surface area contributed by atoms with E-state index in [1.165, 1.54) is 4.90 Å². The molecule has 0 atom stereocenters. The van der Waals surface area contributed by atoms with Crippen molar-refractivity contribution in [1.29, 1.82) is 0 Å². The molecule has 1 aliphatic heterocycles. The highest BCUT2D eigenvalue weighted by atomic mass is 16.2. The zero-order chi connectivity index (χ0) is 11.9. The van der Waals surface area contributed by atoms with E-state index in [4.69, 9.17) is 0 Å². The third kappa shape index (κ3) is 1.31. The molecule has 2 rings (SSSR count). The Morgan fingerprint density at radius 3 is 2.69 bits per heavy atom. The van der Waals surface area contributed by atoms with Crippen LogP contribution >= 0.6 is 0 Å². The van der Waals surface area contributed by atoms with Crippen LogP contribution in [0.15, 0.2) is 24.8 Å². The molecular formula is C12H12N2O2. The van der Waals surface area contributed by atoms with Crippen molar-refractivity contribution in [1.82, 2.24) is 10.2 Å². The molecule has 0 fully saturated rings. The Morgan fingerprint density at radius 2 is 2.06 bits per heavy atom. The number of hydrogen-bond donors (Lipinski definition) is 1. The second-order valence-electron chi connectivity index (χ2n) is 3.65. The number of amides is 2. The van der Waals surface area contributed by atoms with Gasteiger partial charge in [0, 0.05) is 36.5 Å². The number of rotatable bonds is 1. The van der Waals surface area contributed by atoms with Crippen molar-refractivity contribution in [3.05, 3.63) is 41.5 Å². The second-order valence-corrected chi connectivity index (χ2v) is 3.65. The Balaban J connectivity index is 2.53.